The van der Waals surface area contributed by atoms with Crippen molar-refractivity contribution in [2.24, 2.45) is 11.8 Å². The topological polar surface area (TPSA) is 46.6 Å². The van der Waals surface area contributed by atoms with E-state index in [0.29, 0.717) is 13.1 Å². The molecule has 2 rings (SSSR count). The van der Waals surface area contributed by atoms with E-state index in [1.54, 1.807) is 10.3 Å². The van der Waals surface area contributed by atoms with E-state index >= 15 is 0 Å². The van der Waals surface area contributed by atoms with Gasteiger partial charge in [0.2, 0.25) is 0 Å². The molecule has 0 unspecified atom stereocenters. The van der Waals surface area contributed by atoms with Crippen LogP contribution in [-0.4, -0.2) is 53.6 Å². The van der Waals surface area contributed by atoms with Crippen LogP contribution in [0.25, 0.3) is 0 Å². The Morgan fingerprint density at radius 2 is 1.96 bits per heavy atom. The maximum absolute atomic E-state index is 12.5. The summed E-state index contributed by atoms with van der Waals surface area (Å²) in [6.45, 7) is 3.35. The third-order valence-corrected chi connectivity index (χ3v) is 5.10. The molecule has 0 saturated carbocycles. The second-order valence-electron chi connectivity index (χ2n) is 6.86. The summed E-state index contributed by atoms with van der Waals surface area (Å²) in [7, 11) is -1.24. The molecule has 132 valence electrons. The molecule has 1 aromatic carbocycles. The predicted molar refractivity (Wildman–Crippen MR) is 103 cm³/mol. The lowest BCUT2D eigenvalue weighted by Gasteiger charge is -2.16. The van der Waals surface area contributed by atoms with E-state index in [2.05, 4.69) is 12.8 Å². The Balaban J connectivity index is 1.99. The first kappa shape index (κ1) is 18.6. The van der Waals surface area contributed by atoms with Crippen LogP contribution in [0.15, 0.2) is 30.3 Å². The average molecular weight is 349 g/mol. The fraction of sp³-hybridized carbons (Fsp3) is 0.474. The lowest BCUT2D eigenvalue weighted by atomic mass is 9.91. The molecule has 2 atom stereocenters. The quantitative estimate of drug-likeness (QED) is 0.767. The fourth-order valence-corrected chi connectivity index (χ4v) is 3.77. The maximum Gasteiger partial charge on any atom is 0.410 e. The first-order chi connectivity index (χ1) is 11.3. The Morgan fingerprint density at radius 3 is 2.54 bits per heavy atom. The molecule has 1 amide bonds. The van der Waals surface area contributed by atoms with Crippen molar-refractivity contribution in [2.75, 3.05) is 25.6 Å². The number of rotatable bonds is 5. The summed E-state index contributed by atoms with van der Waals surface area (Å²) in [6, 6.07) is 9.61. The first-order valence-electron chi connectivity index (χ1n) is 8.20. The number of carbonyl (C=O) groups excluding carboxylic acids is 2. The van der Waals surface area contributed by atoms with Crippen LogP contribution in [0.2, 0.25) is 0 Å². The summed E-state index contributed by atoms with van der Waals surface area (Å²) in [5.74, 6) is 4.23. The Labute approximate surface area is 145 Å². The zero-order chi connectivity index (χ0) is 17.7. The van der Waals surface area contributed by atoms with Crippen molar-refractivity contribution < 1.29 is 14.3 Å². The molecule has 1 heterocycles. The van der Waals surface area contributed by atoms with Crippen molar-refractivity contribution in [3.8, 4) is 0 Å². The van der Waals surface area contributed by atoms with E-state index < -0.39 is 9.21 Å². The van der Waals surface area contributed by atoms with Crippen molar-refractivity contribution >= 4 is 32.3 Å². The minimum Gasteiger partial charge on any atom is -0.445 e. The van der Waals surface area contributed by atoms with Crippen LogP contribution in [0.5, 0.6) is 0 Å². The number of benzene rings is 1. The standard InChI is InChI=1S/C19H27NO3S/c1-5-16-11-20(12-17(16)18(21)14-24(2,3)4)19(22)23-13-15-9-7-6-8-10-15/h6-10,14,16-17H,2,5,11-13H2,1,3-4H3/t16-,17+/m1/s1. The van der Waals surface area contributed by atoms with Gasteiger partial charge in [-0.2, -0.15) is 0 Å². The highest BCUT2D eigenvalue weighted by atomic mass is 32.2. The van der Waals surface area contributed by atoms with Gasteiger partial charge in [-0.25, -0.2) is 14.0 Å². The Bertz CT molecular complexity index is 697. The lowest BCUT2D eigenvalue weighted by molar-refractivity contribution is -0.116. The highest BCUT2D eigenvalue weighted by Crippen LogP contribution is 2.28. The van der Waals surface area contributed by atoms with Crippen LogP contribution >= 0.6 is 9.21 Å². The molecule has 0 spiro atoms. The third kappa shape index (κ3) is 5.13. The van der Waals surface area contributed by atoms with Crippen LogP contribution in [0.3, 0.4) is 0 Å². The van der Waals surface area contributed by atoms with E-state index in [1.165, 1.54) is 0 Å². The van der Waals surface area contributed by atoms with Crippen molar-refractivity contribution in [1.82, 2.24) is 4.90 Å². The van der Waals surface area contributed by atoms with E-state index in [4.69, 9.17) is 4.74 Å². The second kappa shape index (κ2) is 7.88. The van der Waals surface area contributed by atoms with Gasteiger partial charge in [0.1, 0.15) is 6.61 Å². The summed E-state index contributed by atoms with van der Waals surface area (Å²) in [6.07, 6.45) is 4.52. The Hall–Kier alpha value is -1.75. The normalized spacial score (nSPS) is 20.7. The van der Waals surface area contributed by atoms with Crippen LogP contribution in [0.1, 0.15) is 18.9 Å². The van der Waals surface area contributed by atoms with Gasteiger partial charge in [0.05, 0.1) is 0 Å². The lowest BCUT2D eigenvalue weighted by Crippen LogP contribution is -2.30. The number of carbonyl (C=O) groups is 2. The molecule has 5 heteroatoms. The molecule has 0 radical (unpaired) electrons. The Morgan fingerprint density at radius 1 is 1.29 bits per heavy atom. The largest absolute Gasteiger partial charge is 0.445 e. The molecule has 1 aromatic rings. The molecule has 0 bridgehead atoms. The number of hydrogen-bond acceptors (Lipinski definition) is 3. The molecule has 1 aliphatic heterocycles. The monoisotopic (exact) mass is 349 g/mol. The van der Waals surface area contributed by atoms with Gasteiger partial charge >= 0.3 is 6.09 Å². The van der Waals surface area contributed by atoms with E-state index in [1.807, 2.05) is 42.8 Å². The van der Waals surface area contributed by atoms with Crippen molar-refractivity contribution in [1.29, 1.82) is 0 Å². The molecule has 1 aliphatic rings. The number of ether oxygens (including phenoxy) is 1. The molecule has 1 saturated heterocycles. The van der Waals surface area contributed by atoms with Crippen LogP contribution in [0.4, 0.5) is 4.79 Å². The van der Waals surface area contributed by atoms with Gasteiger partial charge in [-0.1, -0.05) is 49.5 Å². The maximum atomic E-state index is 12.5. The number of ketones is 1. The van der Waals surface area contributed by atoms with Crippen LogP contribution in [0, 0.1) is 11.8 Å². The molecule has 0 aliphatic carbocycles. The molecule has 24 heavy (non-hydrogen) atoms. The molecular formula is C19H27NO3S. The molecular weight excluding hydrogens is 322 g/mol. The van der Waals surface area contributed by atoms with Crippen LogP contribution < -0.4 is 0 Å². The van der Waals surface area contributed by atoms with Gasteiger partial charge in [0.15, 0.2) is 5.78 Å². The number of nitrogens with zero attached hydrogens (tertiary/aromatic N) is 1. The molecule has 0 aromatic heterocycles. The number of amides is 1. The van der Waals surface area contributed by atoms with E-state index in [9.17, 15) is 9.59 Å². The minimum absolute atomic E-state index is 0.121. The Kier molecular flexibility index (Phi) is 6.10. The highest BCUT2D eigenvalue weighted by molar-refractivity contribution is 8.28. The van der Waals surface area contributed by atoms with E-state index in [-0.39, 0.29) is 30.3 Å². The summed E-state index contributed by atoms with van der Waals surface area (Å²) < 4.78 is 5.39. The van der Waals surface area contributed by atoms with Gasteiger partial charge in [0, 0.05) is 19.0 Å². The number of Topliss-reactive ketones (excluding diaryl/α,β-unsaturated/α-hetero) is 1. The highest BCUT2D eigenvalue weighted by Gasteiger charge is 2.38. The second-order valence-corrected chi connectivity index (χ2v) is 10.3. The molecule has 1 fully saturated rings. The van der Waals surface area contributed by atoms with E-state index in [0.717, 1.165) is 12.0 Å². The molecule has 0 N–H and O–H groups in total. The predicted octanol–water partition coefficient (Wildman–Crippen LogP) is 3.15. The fourth-order valence-electron chi connectivity index (χ4n) is 2.97. The summed E-state index contributed by atoms with van der Waals surface area (Å²) in [5.41, 5.74) is 0.959. The van der Waals surface area contributed by atoms with Crippen molar-refractivity contribution in [2.45, 2.75) is 20.0 Å². The zero-order valence-electron chi connectivity index (χ0n) is 14.7. The van der Waals surface area contributed by atoms with Gasteiger partial charge in [-0.15, -0.1) is 0 Å². The number of hydrogen-bond donors (Lipinski definition) is 0. The smallest absolute Gasteiger partial charge is 0.410 e. The van der Waals surface area contributed by atoms with Crippen molar-refractivity contribution in [3.63, 3.8) is 0 Å². The zero-order valence-corrected chi connectivity index (χ0v) is 15.6. The van der Waals surface area contributed by atoms with Gasteiger partial charge in [-0.3, -0.25) is 4.79 Å². The summed E-state index contributed by atoms with van der Waals surface area (Å²) in [5, 5.41) is 1.76. The number of likely N-dealkylation sites (tertiary alicyclic amines) is 1. The van der Waals surface area contributed by atoms with Crippen LogP contribution in [-0.2, 0) is 16.1 Å². The summed E-state index contributed by atoms with van der Waals surface area (Å²) >= 11 is 0. The van der Waals surface area contributed by atoms with Gasteiger partial charge in [0.25, 0.3) is 0 Å². The summed E-state index contributed by atoms with van der Waals surface area (Å²) in [4.78, 5) is 26.5. The van der Waals surface area contributed by atoms with Gasteiger partial charge < -0.3 is 9.64 Å². The molecule has 4 nitrogen and oxygen atoms in total. The SMILES string of the molecule is C=S(C)(C)=CC(=O)[C@H]1CN(C(=O)OCc2ccccc2)C[C@H]1CC. The minimum atomic E-state index is -1.24. The first-order valence-corrected chi connectivity index (χ1v) is 10.9. The average Bonchev–Trinajstić information content (AvgIpc) is 2.96. The van der Waals surface area contributed by atoms with Crippen molar-refractivity contribution in [3.05, 3.63) is 35.9 Å². The third-order valence-electron chi connectivity index (χ3n) is 4.23. The van der Waals surface area contributed by atoms with Gasteiger partial charge in [-0.05, 0) is 29.4 Å².